The SMILES string of the molecule is [2H]C([2H])([2H])OC(=O)c1cccc(Br)c1. The lowest BCUT2D eigenvalue weighted by Crippen LogP contribution is -2.00. The predicted octanol–water partition coefficient (Wildman–Crippen LogP) is 2.24. The van der Waals surface area contributed by atoms with Crippen LogP contribution in [0, 0.1) is 0 Å². The van der Waals surface area contributed by atoms with Crippen LogP contribution in [0.2, 0.25) is 0 Å². The van der Waals surface area contributed by atoms with Gasteiger partial charge in [0.15, 0.2) is 0 Å². The van der Waals surface area contributed by atoms with Crippen LogP contribution in [0.3, 0.4) is 0 Å². The van der Waals surface area contributed by atoms with Crippen molar-refractivity contribution in [3.05, 3.63) is 34.3 Å². The molecule has 1 aromatic rings. The molecule has 1 aromatic carbocycles. The van der Waals surface area contributed by atoms with Gasteiger partial charge in [0.2, 0.25) is 0 Å². The van der Waals surface area contributed by atoms with E-state index < -0.39 is 13.0 Å². The zero-order chi connectivity index (χ0) is 10.8. The summed E-state index contributed by atoms with van der Waals surface area (Å²) in [6, 6.07) is 6.33. The van der Waals surface area contributed by atoms with Gasteiger partial charge in [0.1, 0.15) is 0 Å². The number of hydrogen-bond donors (Lipinski definition) is 0. The standard InChI is InChI=1S/C8H7BrO2/c1-11-8(10)6-3-2-4-7(9)5-6/h2-5H,1H3/i1D3. The molecule has 0 unspecified atom stereocenters. The van der Waals surface area contributed by atoms with Crippen molar-refractivity contribution in [1.29, 1.82) is 0 Å². The smallest absolute Gasteiger partial charge is 0.337 e. The van der Waals surface area contributed by atoms with E-state index in [1.165, 1.54) is 12.1 Å². The fourth-order valence-corrected chi connectivity index (χ4v) is 1.07. The van der Waals surface area contributed by atoms with E-state index in [9.17, 15) is 4.79 Å². The lowest BCUT2D eigenvalue weighted by Gasteiger charge is -1.97. The van der Waals surface area contributed by atoms with Gasteiger partial charge in [0, 0.05) is 4.47 Å². The number of carbonyl (C=O) groups excluding carboxylic acids is 1. The molecule has 0 atom stereocenters. The van der Waals surface area contributed by atoms with Crippen molar-refractivity contribution in [2.45, 2.75) is 0 Å². The summed E-state index contributed by atoms with van der Waals surface area (Å²) in [5.74, 6) is -0.855. The number of ether oxygens (including phenoxy) is 1. The Morgan fingerprint density at radius 1 is 1.73 bits per heavy atom. The molecule has 0 aromatic heterocycles. The van der Waals surface area contributed by atoms with Crippen molar-refractivity contribution < 1.29 is 13.6 Å². The summed E-state index contributed by atoms with van der Waals surface area (Å²) in [6.45, 7) is 0. The third-order valence-electron chi connectivity index (χ3n) is 1.15. The summed E-state index contributed by atoms with van der Waals surface area (Å²) in [5, 5.41) is 0. The minimum absolute atomic E-state index is 0.204. The van der Waals surface area contributed by atoms with Gasteiger partial charge in [-0.15, -0.1) is 0 Å². The van der Waals surface area contributed by atoms with Gasteiger partial charge >= 0.3 is 5.97 Å². The van der Waals surface area contributed by atoms with Crippen molar-refractivity contribution >= 4 is 21.9 Å². The van der Waals surface area contributed by atoms with Crippen molar-refractivity contribution in [3.63, 3.8) is 0 Å². The zero-order valence-electron chi connectivity index (χ0n) is 8.50. The van der Waals surface area contributed by atoms with E-state index in [0.29, 0.717) is 4.47 Å². The zero-order valence-corrected chi connectivity index (χ0v) is 7.09. The number of esters is 1. The quantitative estimate of drug-likeness (QED) is 0.675. The molecule has 0 spiro atoms. The highest BCUT2D eigenvalue weighted by atomic mass is 79.9. The highest BCUT2D eigenvalue weighted by molar-refractivity contribution is 9.10. The number of rotatable bonds is 1. The summed E-state index contributed by atoms with van der Waals surface area (Å²) in [4.78, 5) is 11.2. The number of benzene rings is 1. The highest BCUT2D eigenvalue weighted by Crippen LogP contribution is 2.11. The summed E-state index contributed by atoms with van der Waals surface area (Å²) >= 11 is 3.16. The maximum absolute atomic E-state index is 11.2. The van der Waals surface area contributed by atoms with E-state index in [4.69, 9.17) is 4.11 Å². The molecule has 11 heavy (non-hydrogen) atoms. The lowest BCUT2D eigenvalue weighted by molar-refractivity contribution is 0.0600. The Labute approximate surface area is 77.5 Å². The fraction of sp³-hybridized carbons (Fsp3) is 0.125. The molecule has 1 rings (SSSR count). The van der Waals surface area contributed by atoms with E-state index in [1.54, 1.807) is 12.1 Å². The average Bonchev–Trinajstić information content (AvgIpc) is 2.01. The second kappa shape index (κ2) is 3.53. The van der Waals surface area contributed by atoms with E-state index in [2.05, 4.69) is 20.7 Å². The first-order valence-electron chi connectivity index (χ1n) is 4.37. The van der Waals surface area contributed by atoms with Crippen molar-refractivity contribution in [2.75, 3.05) is 7.04 Å². The molecule has 0 saturated heterocycles. The van der Waals surface area contributed by atoms with Gasteiger partial charge in [0.05, 0.1) is 16.7 Å². The Bertz CT molecular complexity index is 349. The maximum Gasteiger partial charge on any atom is 0.337 e. The molecule has 0 radical (unpaired) electrons. The van der Waals surface area contributed by atoms with Crippen LogP contribution < -0.4 is 0 Å². The fourth-order valence-electron chi connectivity index (χ4n) is 0.674. The minimum atomic E-state index is -2.70. The number of hydrogen-bond acceptors (Lipinski definition) is 2. The van der Waals surface area contributed by atoms with Crippen LogP contribution in [0.5, 0.6) is 0 Å². The van der Waals surface area contributed by atoms with Gasteiger partial charge in [0.25, 0.3) is 0 Å². The Balaban J connectivity index is 2.80. The molecule has 0 aliphatic heterocycles. The van der Waals surface area contributed by atoms with E-state index in [1.807, 2.05) is 0 Å². The highest BCUT2D eigenvalue weighted by Gasteiger charge is 2.03. The molecule has 58 valence electrons. The van der Waals surface area contributed by atoms with Gasteiger partial charge in [-0.3, -0.25) is 0 Å². The summed E-state index contributed by atoms with van der Waals surface area (Å²) in [7, 11) is -2.70. The van der Waals surface area contributed by atoms with E-state index in [0.717, 1.165) is 0 Å². The Hall–Kier alpha value is -0.830. The van der Waals surface area contributed by atoms with Crippen LogP contribution in [-0.4, -0.2) is 13.0 Å². The average molecular weight is 218 g/mol. The monoisotopic (exact) mass is 217 g/mol. The molecule has 0 heterocycles. The minimum Gasteiger partial charge on any atom is -0.465 e. The molecule has 0 aliphatic carbocycles. The number of carbonyl (C=O) groups is 1. The van der Waals surface area contributed by atoms with Crippen LogP contribution >= 0.6 is 15.9 Å². The molecular formula is C8H7BrO2. The molecule has 0 saturated carbocycles. The van der Waals surface area contributed by atoms with Gasteiger partial charge in [-0.1, -0.05) is 22.0 Å². The van der Waals surface area contributed by atoms with Crippen molar-refractivity contribution in [1.82, 2.24) is 0 Å². The molecule has 3 heteroatoms. The molecule has 2 nitrogen and oxygen atoms in total. The van der Waals surface area contributed by atoms with Crippen molar-refractivity contribution in [3.8, 4) is 0 Å². The first-order chi connectivity index (χ1) is 6.38. The normalized spacial score (nSPS) is 14.5. The second-order valence-corrected chi connectivity index (χ2v) is 2.82. The largest absolute Gasteiger partial charge is 0.465 e. The molecule has 0 bridgehead atoms. The Morgan fingerprint density at radius 3 is 3.18 bits per heavy atom. The maximum atomic E-state index is 11.2. The third kappa shape index (κ3) is 2.05. The summed E-state index contributed by atoms with van der Waals surface area (Å²) < 4.78 is 25.1. The van der Waals surface area contributed by atoms with Crippen molar-refractivity contribution in [2.24, 2.45) is 0 Å². The van der Waals surface area contributed by atoms with Gasteiger partial charge in [-0.2, -0.15) is 0 Å². The van der Waals surface area contributed by atoms with Crippen LogP contribution in [-0.2, 0) is 4.74 Å². The summed E-state index contributed by atoms with van der Waals surface area (Å²) in [6.07, 6.45) is 0. The second-order valence-electron chi connectivity index (χ2n) is 1.90. The van der Waals surface area contributed by atoms with E-state index in [-0.39, 0.29) is 5.56 Å². The lowest BCUT2D eigenvalue weighted by atomic mass is 10.2. The van der Waals surface area contributed by atoms with Gasteiger partial charge in [-0.05, 0) is 18.2 Å². The van der Waals surface area contributed by atoms with Crippen LogP contribution in [0.25, 0.3) is 0 Å². The third-order valence-corrected chi connectivity index (χ3v) is 1.65. The molecule has 0 fully saturated rings. The van der Waals surface area contributed by atoms with E-state index >= 15 is 0 Å². The molecule has 0 amide bonds. The molecule has 0 aliphatic rings. The van der Waals surface area contributed by atoms with Gasteiger partial charge < -0.3 is 4.74 Å². The number of halogens is 1. The number of methoxy groups -OCH3 is 1. The molecular weight excluding hydrogens is 208 g/mol. The summed E-state index contributed by atoms with van der Waals surface area (Å²) in [5.41, 5.74) is 0.204. The molecule has 0 N–H and O–H groups in total. The van der Waals surface area contributed by atoms with Crippen LogP contribution in [0.15, 0.2) is 28.7 Å². The van der Waals surface area contributed by atoms with Crippen LogP contribution in [0.4, 0.5) is 0 Å². The van der Waals surface area contributed by atoms with Crippen LogP contribution in [0.1, 0.15) is 14.5 Å². The van der Waals surface area contributed by atoms with Gasteiger partial charge in [-0.25, -0.2) is 4.79 Å². The predicted molar refractivity (Wildman–Crippen MR) is 45.5 cm³/mol. The topological polar surface area (TPSA) is 26.3 Å². The first-order valence-corrected chi connectivity index (χ1v) is 3.67. The first kappa shape index (κ1) is 4.93. The Morgan fingerprint density at radius 2 is 2.55 bits per heavy atom. The Kier molecular flexibility index (Phi) is 1.58.